The Labute approximate surface area is 121 Å². The number of nitrogens with zero attached hydrogens (tertiary/aromatic N) is 2. The van der Waals surface area contributed by atoms with Gasteiger partial charge in [0.2, 0.25) is 0 Å². The van der Waals surface area contributed by atoms with E-state index in [9.17, 15) is 8.42 Å². The molecule has 6 heteroatoms. The summed E-state index contributed by atoms with van der Waals surface area (Å²) in [5, 5.41) is 3.15. The molecule has 1 saturated heterocycles. The molecule has 0 amide bonds. The van der Waals surface area contributed by atoms with Crippen LogP contribution in [0, 0.1) is 0 Å². The van der Waals surface area contributed by atoms with Crippen molar-refractivity contribution in [1.82, 2.24) is 10.3 Å². The summed E-state index contributed by atoms with van der Waals surface area (Å²) in [4.78, 5) is 6.77. The molecule has 0 saturated carbocycles. The van der Waals surface area contributed by atoms with Gasteiger partial charge in [0.05, 0.1) is 11.5 Å². The Hall–Kier alpha value is -1.14. The van der Waals surface area contributed by atoms with E-state index in [1.54, 1.807) is 0 Å². The summed E-state index contributed by atoms with van der Waals surface area (Å²) in [5.41, 5.74) is 2.24. The number of anilines is 1. The van der Waals surface area contributed by atoms with Crippen molar-refractivity contribution in [2.75, 3.05) is 30.0 Å². The van der Waals surface area contributed by atoms with Crippen molar-refractivity contribution in [3.8, 4) is 0 Å². The fraction of sp³-hybridized carbons (Fsp3) is 0.643. The molecular formula is C14H23N3O2S. The van der Waals surface area contributed by atoms with Crippen LogP contribution in [-0.2, 0) is 22.8 Å². The van der Waals surface area contributed by atoms with E-state index in [2.05, 4.69) is 34.3 Å². The van der Waals surface area contributed by atoms with Gasteiger partial charge in [0.25, 0.3) is 0 Å². The maximum absolute atomic E-state index is 11.7. The molecule has 0 spiro atoms. The molecule has 2 heterocycles. The van der Waals surface area contributed by atoms with Gasteiger partial charge in [-0.2, -0.15) is 0 Å². The minimum Gasteiger partial charge on any atom is -0.352 e. The number of rotatable bonds is 4. The Kier molecular flexibility index (Phi) is 4.65. The van der Waals surface area contributed by atoms with Crippen molar-refractivity contribution in [1.29, 1.82) is 0 Å². The summed E-state index contributed by atoms with van der Waals surface area (Å²) in [6.45, 7) is 5.36. The summed E-state index contributed by atoms with van der Waals surface area (Å²) in [7, 11) is -0.972. The second-order valence-corrected chi connectivity index (χ2v) is 7.59. The van der Waals surface area contributed by atoms with Gasteiger partial charge >= 0.3 is 0 Å². The number of sulfone groups is 1. The molecule has 1 atom stereocenters. The maximum Gasteiger partial charge on any atom is 0.154 e. The monoisotopic (exact) mass is 297 g/mol. The van der Waals surface area contributed by atoms with Gasteiger partial charge in [0.1, 0.15) is 5.82 Å². The van der Waals surface area contributed by atoms with E-state index in [4.69, 9.17) is 0 Å². The molecule has 5 nitrogen and oxygen atoms in total. The lowest BCUT2D eigenvalue weighted by Crippen LogP contribution is -2.47. The quantitative estimate of drug-likeness (QED) is 0.898. The first-order valence-corrected chi connectivity index (χ1v) is 8.89. The SMILES string of the molecule is CCc1cc(CNC)cc(N2CCS(=O)(=O)CC2C)n1. The van der Waals surface area contributed by atoms with Gasteiger partial charge in [0.15, 0.2) is 9.84 Å². The van der Waals surface area contributed by atoms with Crippen molar-refractivity contribution in [2.24, 2.45) is 0 Å². The molecule has 1 N–H and O–H groups in total. The highest BCUT2D eigenvalue weighted by Crippen LogP contribution is 2.22. The number of aromatic nitrogens is 1. The Morgan fingerprint density at radius 1 is 1.45 bits per heavy atom. The summed E-state index contributed by atoms with van der Waals surface area (Å²) < 4.78 is 23.3. The molecule has 20 heavy (non-hydrogen) atoms. The number of aryl methyl sites for hydroxylation is 1. The van der Waals surface area contributed by atoms with Crippen molar-refractivity contribution in [2.45, 2.75) is 32.9 Å². The normalized spacial score (nSPS) is 21.9. The standard InChI is InChI=1S/C14H23N3O2S/c1-4-13-7-12(9-15-3)8-14(16-13)17-5-6-20(18,19)10-11(17)2/h7-8,11,15H,4-6,9-10H2,1-3H3. The first-order valence-electron chi connectivity index (χ1n) is 7.06. The van der Waals surface area contributed by atoms with Crippen molar-refractivity contribution in [3.63, 3.8) is 0 Å². The average Bonchev–Trinajstić information content (AvgIpc) is 2.37. The highest BCUT2D eigenvalue weighted by molar-refractivity contribution is 7.91. The maximum atomic E-state index is 11.7. The summed E-state index contributed by atoms with van der Waals surface area (Å²) in [5.74, 6) is 1.33. The van der Waals surface area contributed by atoms with E-state index < -0.39 is 9.84 Å². The van der Waals surface area contributed by atoms with Crippen molar-refractivity contribution < 1.29 is 8.42 Å². The molecular weight excluding hydrogens is 274 g/mol. The van der Waals surface area contributed by atoms with Crippen LogP contribution in [0.3, 0.4) is 0 Å². The van der Waals surface area contributed by atoms with Gasteiger partial charge in [-0.25, -0.2) is 13.4 Å². The Balaban J connectivity index is 2.29. The van der Waals surface area contributed by atoms with Crippen LogP contribution in [0.5, 0.6) is 0 Å². The molecule has 1 aromatic rings. The summed E-state index contributed by atoms with van der Waals surface area (Å²) >= 11 is 0. The molecule has 0 aliphatic carbocycles. The predicted molar refractivity (Wildman–Crippen MR) is 81.8 cm³/mol. The van der Waals surface area contributed by atoms with Crippen LogP contribution < -0.4 is 10.2 Å². The molecule has 0 bridgehead atoms. The largest absolute Gasteiger partial charge is 0.352 e. The zero-order chi connectivity index (χ0) is 14.8. The van der Waals surface area contributed by atoms with Crippen LogP contribution >= 0.6 is 0 Å². The summed E-state index contributed by atoms with van der Waals surface area (Å²) in [6, 6.07) is 4.14. The van der Waals surface area contributed by atoms with E-state index in [-0.39, 0.29) is 17.5 Å². The first-order chi connectivity index (χ1) is 9.45. The molecule has 1 fully saturated rings. The molecule has 1 aliphatic rings. The topological polar surface area (TPSA) is 62.3 Å². The lowest BCUT2D eigenvalue weighted by molar-refractivity contribution is 0.566. The minimum atomic E-state index is -2.89. The van der Waals surface area contributed by atoms with Gasteiger partial charge < -0.3 is 10.2 Å². The Bertz CT molecular complexity index is 572. The average molecular weight is 297 g/mol. The van der Waals surface area contributed by atoms with Crippen LogP contribution in [0.2, 0.25) is 0 Å². The number of hydrogen-bond acceptors (Lipinski definition) is 5. The van der Waals surface area contributed by atoms with Gasteiger partial charge in [-0.05, 0) is 38.1 Å². The third kappa shape index (κ3) is 3.49. The van der Waals surface area contributed by atoms with E-state index >= 15 is 0 Å². The number of pyridine rings is 1. The molecule has 0 aromatic carbocycles. The van der Waals surface area contributed by atoms with Gasteiger partial charge in [0, 0.05) is 24.8 Å². The second-order valence-electron chi connectivity index (χ2n) is 5.37. The zero-order valence-electron chi connectivity index (χ0n) is 12.4. The van der Waals surface area contributed by atoms with E-state index in [1.165, 1.54) is 5.56 Å². The third-order valence-electron chi connectivity index (χ3n) is 3.63. The van der Waals surface area contributed by atoms with Crippen LogP contribution in [-0.4, -0.2) is 44.5 Å². The minimum absolute atomic E-state index is 0.0178. The van der Waals surface area contributed by atoms with Gasteiger partial charge in [-0.15, -0.1) is 0 Å². The molecule has 0 radical (unpaired) electrons. The predicted octanol–water partition coefficient (Wildman–Crippen LogP) is 0.987. The van der Waals surface area contributed by atoms with Crippen LogP contribution in [0.15, 0.2) is 12.1 Å². The molecule has 1 aromatic heterocycles. The molecule has 1 aliphatic heterocycles. The van der Waals surface area contributed by atoms with Gasteiger partial charge in [-0.1, -0.05) is 6.92 Å². The number of hydrogen-bond donors (Lipinski definition) is 1. The van der Waals surface area contributed by atoms with Gasteiger partial charge in [-0.3, -0.25) is 0 Å². The second kappa shape index (κ2) is 6.10. The van der Waals surface area contributed by atoms with Crippen molar-refractivity contribution in [3.05, 3.63) is 23.4 Å². The van der Waals surface area contributed by atoms with E-state index in [0.717, 1.165) is 24.5 Å². The summed E-state index contributed by atoms with van der Waals surface area (Å²) in [6.07, 6.45) is 0.880. The Morgan fingerprint density at radius 3 is 2.80 bits per heavy atom. The Morgan fingerprint density at radius 2 is 2.20 bits per heavy atom. The van der Waals surface area contributed by atoms with Crippen molar-refractivity contribution >= 4 is 15.7 Å². The van der Waals surface area contributed by atoms with Crippen LogP contribution in [0.1, 0.15) is 25.1 Å². The van der Waals surface area contributed by atoms with E-state index in [0.29, 0.717) is 6.54 Å². The fourth-order valence-electron chi connectivity index (χ4n) is 2.61. The van der Waals surface area contributed by atoms with Crippen LogP contribution in [0.4, 0.5) is 5.82 Å². The molecule has 112 valence electrons. The smallest absolute Gasteiger partial charge is 0.154 e. The highest BCUT2D eigenvalue weighted by atomic mass is 32.2. The van der Waals surface area contributed by atoms with Crippen LogP contribution in [0.25, 0.3) is 0 Å². The first kappa shape index (κ1) is 15.3. The molecule has 1 unspecified atom stereocenters. The lowest BCUT2D eigenvalue weighted by atomic mass is 10.1. The lowest BCUT2D eigenvalue weighted by Gasteiger charge is -2.34. The van der Waals surface area contributed by atoms with E-state index in [1.807, 2.05) is 14.0 Å². The number of nitrogens with one attached hydrogen (secondary N) is 1. The highest BCUT2D eigenvalue weighted by Gasteiger charge is 2.29. The molecule has 2 rings (SSSR count). The third-order valence-corrected chi connectivity index (χ3v) is 5.43. The zero-order valence-corrected chi connectivity index (χ0v) is 13.2. The fourth-order valence-corrected chi connectivity index (χ4v) is 4.16.